The van der Waals surface area contributed by atoms with Gasteiger partial charge in [0.15, 0.2) is 0 Å². The standard InChI is InChI=1S/C12H19N3O3/c1-8-7-14-9(11(8)12(17)18)6-10(16)13-4-5-15(2)3/h7,14H,4-6H2,1-3H3,(H,13,16)(H,17,18). The fraction of sp³-hybridized carbons (Fsp3) is 0.500. The van der Waals surface area contributed by atoms with E-state index in [1.54, 1.807) is 13.1 Å². The first kappa shape index (κ1) is 14.2. The van der Waals surface area contributed by atoms with Gasteiger partial charge in [0, 0.05) is 25.0 Å². The van der Waals surface area contributed by atoms with Gasteiger partial charge in [-0.05, 0) is 26.6 Å². The molecule has 0 saturated carbocycles. The van der Waals surface area contributed by atoms with Crippen molar-refractivity contribution in [2.24, 2.45) is 0 Å². The highest BCUT2D eigenvalue weighted by Gasteiger charge is 2.17. The summed E-state index contributed by atoms with van der Waals surface area (Å²) in [6.07, 6.45) is 1.66. The maximum atomic E-state index is 11.6. The minimum Gasteiger partial charge on any atom is -0.478 e. The highest BCUT2D eigenvalue weighted by atomic mass is 16.4. The number of nitrogens with one attached hydrogen (secondary N) is 2. The number of aromatic amines is 1. The smallest absolute Gasteiger partial charge is 0.337 e. The molecule has 0 unspecified atom stereocenters. The number of H-pyrrole nitrogens is 1. The monoisotopic (exact) mass is 253 g/mol. The van der Waals surface area contributed by atoms with Gasteiger partial charge in [-0.25, -0.2) is 4.79 Å². The number of hydrogen-bond donors (Lipinski definition) is 3. The van der Waals surface area contributed by atoms with Crippen LogP contribution in [0.5, 0.6) is 0 Å². The lowest BCUT2D eigenvalue weighted by atomic mass is 10.1. The summed E-state index contributed by atoms with van der Waals surface area (Å²) in [5.74, 6) is -1.19. The van der Waals surface area contributed by atoms with Crippen molar-refractivity contribution in [1.29, 1.82) is 0 Å². The van der Waals surface area contributed by atoms with E-state index < -0.39 is 5.97 Å². The Labute approximate surface area is 106 Å². The molecule has 3 N–H and O–H groups in total. The Bertz CT molecular complexity index is 438. The summed E-state index contributed by atoms with van der Waals surface area (Å²) in [6, 6.07) is 0. The van der Waals surface area contributed by atoms with Crippen LogP contribution in [0.15, 0.2) is 6.20 Å². The Morgan fingerprint density at radius 2 is 2.11 bits per heavy atom. The van der Waals surface area contributed by atoms with Crippen LogP contribution in [0, 0.1) is 6.92 Å². The second-order valence-electron chi connectivity index (χ2n) is 4.46. The number of nitrogens with zero attached hydrogens (tertiary/aromatic N) is 1. The maximum Gasteiger partial charge on any atom is 0.337 e. The van der Waals surface area contributed by atoms with E-state index in [9.17, 15) is 9.59 Å². The van der Waals surface area contributed by atoms with Gasteiger partial charge in [-0.3, -0.25) is 4.79 Å². The van der Waals surface area contributed by atoms with Gasteiger partial charge in [-0.1, -0.05) is 0 Å². The van der Waals surface area contributed by atoms with E-state index in [1.807, 2.05) is 19.0 Å². The average Bonchev–Trinajstić information content (AvgIpc) is 2.58. The highest BCUT2D eigenvalue weighted by Crippen LogP contribution is 2.13. The molecule has 6 nitrogen and oxygen atoms in total. The molecule has 0 radical (unpaired) electrons. The Balaban J connectivity index is 2.57. The molecule has 0 aliphatic rings. The van der Waals surface area contributed by atoms with Gasteiger partial charge in [0.05, 0.1) is 12.0 Å². The third-order valence-electron chi connectivity index (χ3n) is 2.59. The first-order valence-corrected chi connectivity index (χ1v) is 5.73. The molecule has 0 atom stereocenters. The minimum absolute atomic E-state index is 0.0584. The number of amides is 1. The quantitative estimate of drug-likeness (QED) is 0.678. The zero-order chi connectivity index (χ0) is 13.7. The second kappa shape index (κ2) is 6.20. The SMILES string of the molecule is Cc1c[nH]c(CC(=O)NCCN(C)C)c1C(=O)O. The van der Waals surface area contributed by atoms with Gasteiger partial charge in [0.2, 0.25) is 5.91 Å². The Morgan fingerprint density at radius 3 is 2.67 bits per heavy atom. The highest BCUT2D eigenvalue weighted by molar-refractivity contribution is 5.92. The predicted octanol–water partition coefficient (Wildman–Crippen LogP) is 0.242. The molecular weight excluding hydrogens is 234 g/mol. The molecule has 6 heteroatoms. The normalized spacial score (nSPS) is 10.7. The number of likely N-dealkylation sites (N-methyl/N-ethyl adjacent to an activating group) is 1. The number of aromatic carboxylic acids is 1. The van der Waals surface area contributed by atoms with Crippen LogP contribution in [0.1, 0.15) is 21.6 Å². The third-order valence-corrected chi connectivity index (χ3v) is 2.59. The predicted molar refractivity (Wildman–Crippen MR) is 67.8 cm³/mol. The molecule has 0 spiro atoms. The van der Waals surface area contributed by atoms with E-state index >= 15 is 0 Å². The van der Waals surface area contributed by atoms with E-state index in [0.29, 0.717) is 17.8 Å². The Kier molecular flexibility index (Phi) is 4.91. The molecule has 1 aromatic rings. The molecular formula is C12H19N3O3. The van der Waals surface area contributed by atoms with E-state index in [0.717, 1.165) is 6.54 Å². The number of carbonyl (C=O) groups excluding carboxylic acids is 1. The molecule has 0 aromatic carbocycles. The lowest BCUT2D eigenvalue weighted by Gasteiger charge is -2.10. The Morgan fingerprint density at radius 1 is 1.44 bits per heavy atom. The summed E-state index contributed by atoms with van der Waals surface area (Å²) >= 11 is 0. The van der Waals surface area contributed by atoms with E-state index in [4.69, 9.17) is 5.11 Å². The van der Waals surface area contributed by atoms with Crippen molar-refractivity contribution in [3.05, 3.63) is 23.0 Å². The molecule has 0 saturated heterocycles. The lowest BCUT2D eigenvalue weighted by molar-refractivity contribution is -0.120. The molecule has 0 aliphatic carbocycles. The fourth-order valence-electron chi connectivity index (χ4n) is 1.66. The third kappa shape index (κ3) is 3.89. The number of aromatic nitrogens is 1. The topological polar surface area (TPSA) is 85.4 Å². The van der Waals surface area contributed by atoms with Crippen LogP contribution >= 0.6 is 0 Å². The molecule has 1 rings (SSSR count). The molecule has 1 aromatic heterocycles. The summed E-state index contributed by atoms with van der Waals surface area (Å²) in [7, 11) is 3.84. The van der Waals surface area contributed by atoms with Crippen molar-refractivity contribution in [3.8, 4) is 0 Å². The molecule has 1 heterocycles. The van der Waals surface area contributed by atoms with Crippen molar-refractivity contribution in [2.45, 2.75) is 13.3 Å². The number of aryl methyl sites for hydroxylation is 1. The van der Waals surface area contributed by atoms with Gasteiger partial charge in [-0.2, -0.15) is 0 Å². The summed E-state index contributed by atoms with van der Waals surface area (Å²) in [5.41, 5.74) is 1.28. The van der Waals surface area contributed by atoms with Gasteiger partial charge in [0.25, 0.3) is 0 Å². The van der Waals surface area contributed by atoms with Crippen molar-refractivity contribution in [3.63, 3.8) is 0 Å². The van der Waals surface area contributed by atoms with Crippen LogP contribution in [-0.2, 0) is 11.2 Å². The first-order chi connectivity index (χ1) is 8.41. The number of rotatable bonds is 6. The molecule has 0 bridgehead atoms. The molecule has 1 amide bonds. The van der Waals surface area contributed by atoms with Gasteiger partial charge < -0.3 is 20.3 Å². The van der Waals surface area contributed by atoms with Crippen molar-refractivity contribution < 1.29 is 14.7 Å². The zero-order valence-electron chi connectivity index (χ0n) is 10.9. The van der Waals surface area contributed by atoms with Crippen molar-refractivity contribution >= 4 is 11.9 Å². The van der Waals surface area contributed by atoms with Crippen LogP contribution in [-0.4, -0.2) is 54.1 Å². The number of carboxylic acids is 1. The maximum absolute atomic E-state index is 11.6. The molecule has 18 heavy (non-hydrogen) atoms. The van der Waals surface area contributed by atoms with E-state index in [1.165, 1.54) is 0 Å². The fourth-order valence-corrected chi connectivity index (χ4v) is 1.66. The number of carbonyl (C=O) groups is 2. The van der Waals surface area contributed by atoms with Gasteiger partial charge in [0.1, 0.15) is 0 Å². The summed E-state index contributed by atoms with van der Waals surface area (Å²) in [5, 5.41) is 11.8. The summed E-state index contributed by atoms with van der Waals surface area (Å²) in [4.78, 5) is 27.5. The van der Waals surface area contributed by atoms with E-state index in [2.05, 4.69) is 10.3 Å². The zero-order valence-corrected chi connectivity index (χ0v) is 10.9. The first-order valence-electron chi connectivity index (χ1n) is 5.73. The van der Waals surface area contributed by atoms with Crippen LogP contribution in [0.4, 0.5) is 0 Å². The number of hydrogen-bond acceptors (Lipinski definition) is 3. The average molecular weight is 253 g/mol. The van der Waals surface area contributed by atoms with Crippen LogP contribution in [0.3, 0.4) is 0 Å². The summed E-state index contributed by atoms with van der Waals surface area (Å²) in [6.45, 7) is 3.00. The Hall–Kier alpha value is -1.82. The second-order valence-corrected chi connectivity index (χ2v) is 4.46. The minimum atomic E-state index is -1.01. The number of carboxylic acid groups (broad SMARTS) is 1. The van der Waals surface area contributed by atoms with Crippen LogP contribution < -0.4 is 5.32 Å². The van der Waals surface area contributed by atoms with E-state index in [-0.39, 0.29) is 17.9 Å². The van der Waals surface area contributed by atoms with Crippen LogP contribution in [0.2, 0.25) is 0 Å². The van der Waals surface area contributed by atoms with Crippen LogP contribution in [0.25, 0.3) is 0 Å². The molecule has 100 valence electrons. The molecule has 0 fully saturated rings. The lowest BCUT2D eigenvalue weighted by Crippen LogP contribution is -2.32. The summed E-state index contributed by atoms with van der Waals surface area (Å²) < 4.78 is 0. The molecule has 0 aliphatic heterocycles. The largest absolute Gasteiger partial charge is 0.478 e. The van der Waals surface area contributed by atoms with Gasteiger partial charge >= 0.3 is 5.97 Å². The van der Waals surface area contributed by atoms with Gasteiger partial charge in [-0.15, -0.1) is 0 Å². The van der Waals surface area contributed by atoms with Crippen molar-refractivity contribution in [1.82, 2.24) is 15.2 Å². The van der Waals surface area contributed by atoms with Crippen molar-refractivity contribution in [2.75, 3.05) is 27.2 Å².